The van der Waals surface area contributed by atoms with E-state index in [4.69, 9.17) is 9.76 Å². The van der Waals surface area contributed by atoms with E-state index < -0.39 is 30.9 Å². The van der Waals surface area contributed by atoms with Crippen molar-refractivity contribution in [3.63, 3.8) is 0 Å². The van der Waals surface area contributed by atoms with Crippen LogP contribution in [-0.2, 0) is 16.1 Å². The minimum absolute atomic E-state index is 0.0703. The van der Waals surface area contributed by atoms with Crippen LogP contribution in [-0.4, -0.2) is 35.2 Å². The van der Waals surface area contributed by atoms with Crippen LogP contribution in [0.1, 0.15) is 22.8 Å². The summed E-state index contributed by atoms with van der Waals surface area (Å²) in [5.41, 5.74) is 0.0693. The number of amides is 1. The lowest BCUT2D eigenvalue weighted by atomic mass is 9.78. The molecule has 0 radical (unpaired) electrons. The molecule has 1 aliphatic rings. The second-order valence-electron chi connectivity index (χ2n) is 4.20. The fourth-order valence-electron chi connectivity index (χ4n) is 1.79. The molecule has 3 N–H and O–H groups in total. The molecule has 1 aromatic carbocycles. The van der Waals surface area contributed by atoms with E-state index in [0.717, 1.165) is 0 Å². The number of carbonyl (C=O) groups excluding carboxylic acids is 1. The lowest BCUT2D eigenvalue weighted by Crippen LogP contribution is -2.40. The summed E-state index contributed by atoms with van der Waals surface area (Å²) in [5, 5.41) is 20.3. The standard InChI is InChI=1S/C11H11BFNO5/c1-5(11(16)17)14-10(15)7-3-2-6-4-19-12(18)8(6)9(7)13/h2-3,5,18H,4H2,1H3,(H,14,15)(H,16,17). The molecule has 8 heteroatoms. The smallest absolute Gasteiger partial charge is 0.480 e. The van der Waals surface area contributed by atoms with Crippen molar-refractivity contribution in [1.82, 2.24) is 5.32 Å². The van der Waals surface area contributed by atoms with E-state index in [2.05, 4.69) is 5.32 Å². The Morgan fingerprint density at radius 3 is 2.84 bits per heavy atom. The van der Waals surface area contributed by atoms with Gasteiger partial charge < -0.3 is 20.1 Å². The highest BCUT2D eigenvalue weighted by molar-refractivity contribution is 6.61. The third kappa shape index (κ3) is 2.45. The SMILES string of the molecule is CC(NC(=O)c1ccc2c(c1F)B(O)OC2)C(=O)O. The highest BCUT2D eigenvalue weighted by Gasteiger charge is 2.33. The molecule has 0 spiro atoms. The third-order valence-corrected chi connectivity index (χ3v) is 2.88. The van der Waals surface area contributed by atoms with Crippen molar-refractivity contribution in [3.8, 4) is 0 Å². The van der Waals surface area contributed by atoms with Gasteiger partial charge in [0.15, 0.2) is 0 Å². The van der Waals surface area contributed by atoms with Gasteiger partial charge in [0.05, 0.1) is 12.2 Å². The van der Waals surface area contributed by atoms with Crippen LogP contribution in [0.15, 0.2) is 12.1 Å². The molecule has 19 heavy (non-hydrogen) atoms. The van der Waals surface area contributed by atoms with Crippen LogP contribution in [0.3, 0.4) is 0 Å². The van der Waals surface area contributed by atoms with Crippen LogP contribution in [0, 0.1) is 5.82 Å². The zero-order valence-corrected chi connectivity index (χ0v) is 10.0. The van der Waals surface area contributed by atoms with Gasteiger partial charge in [0.25, 0.3) is 5.91 Å². The first-order chi connectivity index (χ1) is 8.91. The number of carboxylic acid groups (broad SMARTS) is 1. The summed E-state index contributed by atoms with van der Waals surface area (Å²) in [6.07, 6.45) is 0. The quantitative estimate of drug-likeness (QED) is 0.626. The lowest BCUT2D eigenvalue weighted by Gasteiger charge is -2.11. The zero-order valence-electron chi connectivity index (χ0n) is 10.0. The summed E-state index contributed by atoms with van der Waals surface area (Å²) in [6, 6.07) is 1.57. The Labute approximate surface area is 108 Å². The molecule has 2 rings (SSSR count). The minimum atomic E-state index is -1.40. The molecule has 1 amide bonds. The molecule has 1 atom stereocenters. The molecule has 0 bridgehead atoms. The predicted octanol–water partition coefficient (Wildman–Crippen LogP) is -0.754. The van der Waals surface area contributed by atoms with Crippen LogP contribution in [0.25, 0.3) is 0 Å². The normalized spacial score (nSPS) is 15.0. The number of benzene rings is 1. The third-order valence-electron chi connectivity index (χ3n) is 2.88. The Morgan fingerprint density at radius 1 is 1.53 bits per heavy atom. The molecule has 1 aliphatic heterocycles. The summed E-state index contributed by atoms with van der Waals surface area (Å²) in [5.74, 6) is -2.97. The van der Waals surface area contributed by atoms with E-state index in [9.17, 15) is 19.0 Å². The number of carboxylic acids is 1. The average molecular weight is 267 g/mol. The van der Waals surface area contributed by atoms with Crippen molar-refractivity contribution < 1.29 is 28.8 Å². The summed E-state index contributed by atoms with van der Waals surface area (Å²) in [7, 11) is -1.40. The topological polar surface area (TPSA) is 95.9 Å². The number of hydrogen-bond donors (Lipinski definition) is 3. The Kier molecular flexibility index (Phi) is 3.54. The van der Waals surface area contributed by atoms with Gasteiger partial charge in [0.2, 0.25) is 0 Å². The van der Waals surface area contributed by atoms with E-state index in [1.54, 1.807) is 0 Å². The fourth-order valence-corrected chi connectivity index (χ4v) is 1.79. The van der Waals surface area contributed by atoms with Crippen molar-refractivity contribution in [2.45, 2.75) is 19.6 Å². The van der Waals surface area contributed by atoms with Gasteiger partial charge in [-0.1, -0.05) is 6.07 Å². The molecular formula is C11H11BFNO5. The van der Waals surface area contributed by atoms with Crippen molar-refractivity contribution >= 4 is 24.5 Å². The van der Waals surface area contributed by atoms with Crippen LogP contribution < -0.4 is 10.8 Å². The Bertz CT molecular complexity index is 550. The number of fused-ring (bicyclic) bond motifs is 1. The van der Waals surface area contributed by atoms with Gasteiger partial charge in [-0.3, -0.25) is 9.59 Å². The molecule has 0 saturated carbocycles. The first-order valence-electron chi connectivity index (χ1n) is 5.56. The van der Waals surface area contributed by atoms with Crippen LogP contribution in [0.4, 0.5) is 4.39 Å². The van der Waals surface area contributed by atoms with E-state index in [0.29, 0.717) is 5.56 Å². The van der Waals surface area contributed by atoms with Crippen LogP contribution in [0.2, 0.25) is 0 Å². The molecular weight excluding hydrogens is 256 g/mol. The summed E-state index contributed by atoms with van der Waals surface area (Å²) in [4.78, 5) is 22.4. The summed E-state index contributed by atoms with van der Waals surface area (Å²) >= 11 is 0. The Morgan fingerprint density at radius 2 is 2.21 bits per heavy atom. The number of rotatable bonds is 3. The number of aliphatic carboxylic acids is 1. The molecule has 1 unspecified atom stereocenters. The van der Waals surface area contributed by atoms with Gasteiger partial charge in [-0.15, -0.1) is 0 Å². The monoisotopic (exact) mass is 267 g/mol. The van der Waals surface area contributed by atoms with Gasteiger partial charge in [-0.25, -0.2) is 4.39 Å². The van der Waals surface area contributed by atoms with Gasteiger partial charge in [0, 0.05) is 5.46 Å². The largest absolute Gasteiger partial charge is 0.494 e. The van der Waals surface area contributed by atoms with Crippen molar-refractivity contribution in [2.24, 2.45) is 0 Å². The van der Waals surface area contributed by atoms with Crippen LogP contribution in [0.5, 0.6) is 0 Å². The number of carbonyl (C=O) groups is 2. The highest BCUT2D eigenvalue weighted by atomic mass is 19.1. The van der Waals surface area contributed by atoms with E-state index in [1.807, 2.05) is 0 Å². The first kappa shape index (κ1) is 13.5. The Hall–Kier alpha value is -1.93. The maximum atomic E-state index is 14.1. The summed E-state index contributed by atoms with van der Waals surface area (Å²) < 4.78 is 18.9. The molecule has 100 valence electrons. The molecule has 6 nitrogen and oxygen atoms in total. The minimum Gasteiger partial charge on any atom is -0.480 e. The van der Waals surface area contributed by atoms with Gasteiger partial charge >= 0.3 is 13.1 Å². The molecule has 0 aromatic heterocycles. The first-order valence-corrected chi connectivity index (χ1v) is 5.56. The molecule has 1 heterocycles. The molecule has 0 fully saturated rings. The van der Waals surface area contributed by atoms with Crippen molar-refractivity contribution in [1.29, 1.82) is 0 Å². The molecule has 0 saturated heterocycles. The van der Waals surface area contributed by atoms with E-state index >= 15 is 0 Å². The molecule has 0 aliphatic carbocycles. The van der Waals surface area contributed by atoms with Crippen LogP contribution >= 0.6 is 0 Å². The highest BCUT2D eigenvalue weighted by Crippen LogP contribution is 2.15. The van der Waals surface area contributed by atoms with Crippen molar-refractivity contribution in [2.75, 3.05) is 0 Å². The second-order valence-corrected chi connectivity index (χ2v) is 4.20. The van der Waals surface area contributed by atoms with Crippen molar-refractivity contribution in [3.05, 3.63) is 29.1 Å². The maximum absolute atomic E-state index is 14.1. The lowest BCUT2D eigenvalue weighted by molar-refractivity contribution is -0.138. The fraction of sp³-hybridized carbons (Fsp3) is 0.273. The van der Waals surface area contributed by atoms with Gasteiger partial charge in [0.1, 0.15) is 11.9 Å². The summed E-state index contributed by atoms with van der Waals surface area (Å²) in [6.45, 7) is 1.34. The van der Waals surface area contributed by atoms with E-state index in [-0.39, 0.29) is 17.6 Å². The average Bonchev–Trinajstić information content (AvgIpc) is 2.71. The number of nitrogens with one attached hydrogen (secondary N) is 1. The number of hydrogen-bond acceptors (Lipinski definition) is 4. The van der Waals surface area contributed by atoms with E-state index in [1.165, 1.54) is 19.1 Å². The Balaban J connectivity index is 2.29. The second kappa shape index (κ2) is 4.98. The zero-order chi connectivity index (χ0) is 14.2. The molecule has 1 aromatic rings. The number of halogens is 1. The predicted molar refractivity (Wildman–Crippen MR) is 63.4 cm³/mol. The maximum Gasteiger partial charge on any atom is 0.494 e. The van der Waals surface area contributed by atoms with Gasteiger partial charge in [-0.2, -0.15) is 0 Å². The van der Waals surface area contributed by atoms with Gasteiger partial charge in [-0.05, 0) is 18.6 Å².